The number of esters is 1. The minimum Gasteiger partial charge on any atom is -0.447 e. The first kappa shape index (κ1) is 31.2. The number of ketones is 1. The van der Waals surface area contributed by atoms with Gasteiger partial charge in [0.05, 0.1) is 6.10 Å². The van der Waals surface area contributed by atoms with Gasteiger partial charge in [-0.25, -0.2) is 18.4 Å². The van der Waals surface area contributed by atoms with Crippen LogP contribution in [0.4, 0.5) is 13.6 Å². The summed E-state index contributed by atoms with van der Waals surface area (Å²) in [6, 6.07) is 1.77. The molecule has 0 aromatic rings. The highest BCUT2D eigenvalue weighted by molar-refractivity contribution is 6.01. The zero-order chi connectivity index (χ0) is 32.3. The summed E-state index contributed by atoms with van der Waals surface area (Å²) in [7, 11) is 0. The number of nitrogens with zero attached hydrogens (tertiary/aromatic N) is 1. The van der Waals surface area contributed by atoms with E-state index in [0.717, 1.165) is 18.9 Å². The number of ether oxygens (including phenoxy) is 3. The van der Waals surface area contributed by atoms with Gasteiger partial charge in [0.2, 0.25) is 5.60 Å². The molecule has 0 saturated heterocycles. The van der Waals surface area contributed by atoms with E-state index in [2.05, 4.69) is 20.8 Å². The topological polar surface area (TPSA) is 123 Å². The molecule has 0 aromatic carbocycles. The molecule has 12 atom stereocenters. The lowest BCUT2D eigenvalue weighted by molar-refractivity contribution is -0.234. The van der Waals surface area contributed by atoms with E-state index in [9.17, 15) is 24.8 Å². The Bertz CT molecular complexity index is 1400. The predicted octanol–water partition coefficient (Wildman–Crippen LogP) is 5.72. The summed E-state index contributed by atoms with van der Waals surface area (Å²) in [4.78, 5) is 39.9. The summed E-state index contributed by atoms with van der Waals surface area (Å²) in [5.41, 5.74) is -7.70. The van der Waals surface area contributed by atoms with E-state index >= 15 is 8.78 Å². The van der Waals surface area contributed by atoms with Crippen LogP contribution in [0.5, 0.6) is 0 Å². The van der Waals surface area contributed by atoms with E-state index < -0.39 is 82.7 Å². The Morgan fingerprint density at radius 3 is 2.43 bits per heavy atom. The van der Waals surface area contributed by atoms with Crippen LogP contribution in [-0.4, -0.2) is 59.3 Å². The lowest BCUT2D eigenvalue weighted by Crippen LogP contribution is -2.71. The zero-order valence-corrected chi connectivity index (χ0v) is 26.3. The van der Waals surface area contributed by atoms with Crippen LogP contribution < -0.4 is 0 Å². The van der Waals surface area contributed by atoms with Crippen LogP contribution in [0.2, 0.25) is 0 Å². The molecule has 8 nitrogen and oxygen atoms in total. The van der Waals surface area contributed by atoms with Gasteiger partial charge in [0.15, 0.2) is 18.1 Å². The summed E-state index contributed by atoms with van der Waals surface area (Å²) in [6.07, 6.45) is 1.02. The van der Waals surface area contributed by atoms with E-state index in [1.807, 2.05) is 0 Å². The van der Waals surface area contributed by atoms with Crippen LogP contribution in [-0.2, 0) is 23.8 Å². The fourth-order valence-corrected chi connectivity index (χ4v) is 11.0. The molecular formula is C34H43F2NO7. The van der Waals surface area contributed by atoms with Gasteiger partial charge in [0, 0.05) is 28.1 Å². The minimum absolute atomic E-state index is 0.000694. The maximum atomic E-state index is 17.6. The number of alkyl halides is 2. The Hall–Kier alpha value is -2.80. The van der Waals surface area contributed by atoms with Gasteiger partial charge in [-0.05, 0) is 80.4 Å². The van der Waals surface area contributed by atoms with Crippen molar-refractivity contribution in [1.82, 2.24) is 0 Å². The third kappa shape index (κ3) is 3.59. The number of allylic oxidation sites excluding steroid dienone is 4. The molecule has 5 fully saturated rings. The second-order valence-electron chi connectivity index (χ2n) is 15.5. The number of aliphatic hydroxyl groups excluding tert-OH is 1. The van der Waals surface area contributed by atoms with Crippen molar-refractivity contribution in [3.8, 4) is 6.07 Å². The third-order valence-corrected chi connectivity index (χ3v) is 13.9. The maximum Gasteiger partial charge on any atom is 0.509 e. The molecule has 5 saturated carbocycles. The van der Waals surface area contributed by atoms with E-state index in [1.54, 1.807) is 19.9 Å². The van der Waals surface area contributed by atoms with Crippen molar-refractivity contribution in [3.05, 3.63) is 23.8 Å². The van der Waals surface area contributed by atoms with Crippen molar-refractivity contribution >= 4 is 17.9 Å². The molecular weight excluding hydrogens is 572 g/mol. The Balaban J connectivity index is 1.38. The Morgan fingerprint density at radius 1 is 1.11 bits per heavy atom. The first-order valence-electron chi connectivity index (χ1n) is 15.8. The van der Waals surface area contributed by atoms with Crippen molar-refractivity contribution in [2.75, 3.05) is 6.61 Å². The van der Waals surface area contributed by atoms with Crippen molar-refractivity contribution in [2.24, 2.45) is 45.3 Å². The largest absolute Gasteiger partial charge is 0.509 e. The number of carbonyl (C=O) groups excluding carboxylic acids is 3. The van der Waals surface area contributed by atoms with Gasteiger partial charge in [0.25, 0.3) is 0 Å². The molecule has 240 valence electrons. The van der Waals surface area contributed by atoms with E-state index in [0.29, 0.717) is 12.3 Å². The number of aliphatic hydroxyl groups is 1. The van der Waals surface area contributed by atoms with Crippen LogP contribution in [0.3, 0.4) is 0 Å². The molecule has 0 amide bonds. The molecule has 0 unspecified atom stereocenters. The third-order valence-electron chi connectivity index (χ3n) is 13.9. The van der Waals surface area contributed by atoms with Gasteiger partial charge in [0.1, 0.15) is 18.3 Å². The summed E-state index contributed by atoms with van der Waals surface area (Å²) in [6.45, 7) is 10.7. The first-order valence-corrected chi connectivity index (χ1v) is 15.8. The quantitative estimate of drug-likeness (QED) is 0.398. The standard InChI is InChI=1S/C34H43F2NO7/c1-18-13-21-22-16-24(35)23-15-20(38)8-10-30(23,4)33(22,36)25(39)17-32(21,6)34(18,27(40)42-12-11-37)44-28(41)43-26-14-19-7-9-31(26,5)29(19,2)3/h8,10,15,18-19,21-22,24-26,39H,7,9,12-14,16-17H2,1-6H3/t18-,19-,21+,22+,24+,25+,26+,30+,31+,32+,33+,34+/m1/s1. The van der Waals surface area contributed by atoms with Gasteiger partial charge < -0.3 is 19.3 Å². The molecule has 10 heteroatoms. The average molecular weight is 616 g/mol. The number of hydrogen-bond acceptors (Lipinski definition) is 8. The van der Waals surface area contributed by atoms with E-state index in [4.69, 9.17) is 14.2 Å². The zero-order valence-electron chi connectivity index (χ0n) is 26.3. The molecule has 1 N–H and O–H groups in total. The van der Waals surface area contributed by atoms with Gasteiger partial charge in [-0.2, -0.15) is 5.26 Å². The second-order valence-corrected chi connectivity index (χ2v) is 15.5. The summed E-state index contributed by atoms with van der Waals surface area (Å²) >= 11 is 0. The van der Waals surface area contributed by atoms with Crippen LogP contribution in [0.25, 0.3) is 0 Å². The smallest absolute Gasteiger partial charge is 0.447 e. The first-order chi connectivity index (χ1) is 20.4. The van der Waals surface area contributed by atoms with Crippen LogP contribution in [0.1, 0.15) is 80.1 Å². The van der Waals surface area contributed by atoms with Crippen LogP contribution in [0, 0.1) is 56.7 Å². The van der Waals surface area contributed by atoms with E-state index in [1.165, 1.54) is 19.1 Å². The monoisotopic (exact) mass is 615 g/mol. The van der Waals surface area contributed by atoms with Gasteiger partial charge in [-0.15, -0.1) is 0 Å². The van der Waals surface area contributed by atoms with Crippen molar-refractivity contribution in [2.45, 2.75) is 110 Å². The van der Waals surface area contributed by atoms with E-state index in [-0.39, 0.29) is 35.7 Å². The maximum absolute atomic E-state index is 17.6. The molecule has 0 heterocycles. The average Bonchev–Trinajstić information content (AvgIpc) is 3.39. The molecule has 6 aliphatic carbocycles. The Labute approximate surface area is 257 Å². The fraction of sp³-hybridized carbons (Fsp3) is 0.765. The number of halogens is 2. The van der Waals surface area contributed by atoms with Gasteiger partial charge in [-0.1, -0.05) is 40.7 Å². The number of hydrogen-bond donors (Lipinski definition) is 1. The summed E-state index contributed by atoms with van der Waals surface area (Å²) in [5, 5.41) is 20.9. The Kier molecular flexibility index (Phi) is 6.81. The SMILES string of the molecule is C[C@@H]1C[C@H]2[C@@H]3C[C@H](F)C4=CC(=O)C=C[C@]4(C)[C@@]3(F)[C@@H](O)C[C@]2(C)[C@@]1(OC(=O)O[C@H]1C[C@H]2CC[C@]1(C)C2(C)C)C(=O)OCC#N. The number of carbonyl (C=O) groups is 3. The molecule has 6 rings (SSSR count). The highest BCUT2D eigenvalue weighted by Gasteiger charge is 2.79. The molecule has 44 heavy (non-hydrogen) atoms. The number of rotatable bonds is 4. The Morgan fingerprint density at radius 2 is 1.82 bits per heavy atom. The molecule has 6 aliphatic rings. The summed E-state index contributed by atoms with van der Waals surface area (Å²) in [5.74, 6) is -3.55. The second kappa shape index (κ2) is 9.60. The fourth-order valence-electron chi connectivity index (χ4n) is 11.0. The number of fused-ring (bicyclic) bond motifs is 7. The molecule has 0 aliphatic heterocycles. The summed E-state index contributed by atoms with van der Waals surface area (Å²) < 4.78 is 51.0. The minimum atomic E-state index is -2.36. The molecule has 0 aromatic heterocycles. The molecule has 0 spiro atoms. The number of nitriles is 1. The van der Waals surface area contributed by atoms with Crippen molar-refractivity contribution in [1.29, 1.82) is 5.26 Å². The van der Waals surface area contributed by atoms with Gasteiger partial charge in [-0.3, -0.25) is 4.79 Å². The highest BCUT2D eigenvalue weighted by Crippen LogP contribution is 2.72. The van der Waals surface area contributed by atoms with Gasteiger partial charge >= 0.3 is 12.1 Å². The van der Waals surface area contributed by atoms with Crippen LogP contribution >= 0.6 is 0 Å². The van der Waals surface area contributed by atoms with Crippen LogP contribution in [0.15, 0.2) is 23.8 Å². The lowest BCUT2D eigenvalue weighted by Gasteiger charge is -2.62. The van der Waals surface area contributed by atoms with Crippen molar-refractivity contribution in [3.63, 3.8) is 0 Å². The molecule has 0 radical (unpaired) electrons. The highest BCUT2D eigenvalue weighted by atomic mass is 19.1. The normalized spacial score (nSPS) is 49.7. The predicted molar refractivity (Wildman–Crippen MR) is 153 cm³/mol. The lowest BCUT2D eigenvalue weighted by atomic mass is 9.44. The van der Waals surface area contributed by atoms with Crippen molar-refractivity contribution < 1.29 is 42.5 Å². The molecule has 2 bridgehead atoms.